The standard InChI is InChI=1S/C15H22N2O2/c1-4-7-14(19-3)13(18)10-15-16-11-8-5-6-9-12(11)17(15)2/h5-6,8-9,13-14,18H,4,7,10H2,1-3H3. The summed E-state index contributed by atoms with van der Waals surface area (Å²) in [5.74, 6) is 0.895. The lowest BCUT2D eigenvalue weighted by atomic mass is 10.1. The van der Waals surface area contributed by atoms with Crippen molar-refractivity contribution in [2.24, 2.45) is 7.05 Å². The van der Waals surface area contributed by atoms with Crippen LogP contribution in [0.25, 0.3) is 11.0 Å². The van der Waals surface area contributed by atoms with Gasteiger partial charge in [0.05, 0.1) is 23.2 Å². The number of imidazole rings is 1. The lowest BCUT2D eigenvalue weighted by Crippen LogP contribution is -2.30. The topological polar surface area (TPSA) is 47.3 Å². The average Bonchev–Trinajstić information content (AvgIpc) is 2.73. The number of hydrogen-bond acceptors (Lipinski definition) is 3. The first-order chi connectivity index (χ1) is 9.17. The molecule has 0 fully saturated rings. The highest BCUT2D eigenvalue weighted by molar-refractivity contribution is 5.75. The van der Waals surface area contributed by atoms with E-state index in [1.165, 1.54) is 0 Å². The van der Waals surface area contributed by atoms with Crippen LogP contribution >= 0.6 is 0 Å². The maximum Gasteiger partial charge on any atom is 0.112 e. The fraction of sp³-hybridized carbons (Fsp3) is 0.533. The number of para-hydroxylation sites is 2. The van der Waals surface area contributed by atoms with Crippen LogP contribution < -0.4 is 0 Å². The van der Waals surface area contributed by atoms with E-state index in [1.54, 1.807) is 7.11 Å². The van der Waals surface area contributed by atoms with Crippen LogP contribution in [0.15, 0.2) is 24.3 Å². The number of hydrogen-bond donors (Lipinski definition) is 1. The van der Waals surface area contributed by atoms with E-state index in [0.717, 1.165) is 29.7 Å². The van der Waals surface area contributed by atoms with E-state index in [1.807, 2.05) is 35.9 Å². The third-order valence-electron chi connectivity index (χ3n) is 3.58. The van der Waals surface area contributed by atoms with Crippen molar-refractivity contribution in [2.45, 2.75) is 38.4 Å². The molecule has 104 valence electrons. The van der Waals surface area contributed by atoms with Crippen LogP contribution in [0.4, 0.5) is 0 Å². The fourth-order valence-corrected chi connectivity index (χ4v) is 2.45. The fourth-order valence-electron chi connectivity index (χ4n) is 2.45. The van der Waals surface area contributed by atoms with Gasteiger partial charge in [0.2, 0.25) is 0 Å². The van der Waals surface area contributed by atoms with E-state index >= 15 is 0 Å². The molecule has 0 amide bonds. The normalized spacial score (nSPS) is 14.7. The first-order valence-corrected chi connectivity index (χ1v) is 6.78. The van der Waals surface area contributed by atoms with Gasteiger partial charge in [0.25, 0.3) is 0 Å². The number of fused-ring (bicyclic) bond motifs is 1. The molecule has 0 bridgehead atoms. The van der Waals surface area contributed by atoms with E-state index in [2.05, 4.69) is 11.9 Å². The summed E-state index contributed by atoms with van der Waals surface area (Å²) in [6, 6.07) is 8.01. The Bertz CT molecular complexity index is 536. The van der Waals surface area contributed by atoms with Crippen molar-refractivity contribution in [1.29, 1.82) is 0 Å². The number of aromatic nitrogens is 2. The molecule has 0 aliphatic heterocycles. The molecular formula is C15H22N2O2. The molecule has 2 atom stereocenters. The Balaban J connectivity index is 2.18. The number of benzene rings is 1. The summed E-state index contributed by atoms with van der Waals surface area (Å²) < 4.78 is 7.39. The van der Waals surface area contributed by atoms with Crippen LogP contribution in [0.5, 0.6) is 0 Å². The number of methoxy groups -OCH3 is 1. The number of aliphatic hydroxyl groups is 1. The predicted octanol–water partition coefficient (Wildman–Crippen LogP) is 2.29. The highest BCUT2D eigenvalue weighted by Gasteiger charge is 2.20. The Labute approximate surface area is 114 Å². The minimum Gasteiger partial charge on any atom is -0.390 e. The van der Waals surface area contributed by atoms with Crippen molar-refractivity contribution in [3.05, 3.63) is 30.1 Å². The molecular weight excluding hydrogens is 240 g/mol. The second-order valence-electron chi connectivity index (χ2n) is 4.91. The minimum atomic E-state index is -0.513. The van der Waals surface area contributed by atoms with Crippen LogP contribution in [-0.4, -0.2) is 34.0 Å². The van der Waals surface area contributed by atoms with Crippen molar-refractivity contribution >= 4 is 11.0 Å². The van der Waals surface area contributed by atoms with E-state index in [4.69, 9.17) is 4.74 Å². The summed E-state index contributed by atoms with van der Waals surface area (Å²) in [4.78, 5) is 4.58. The van der Waals surface area contributed by atoms with Gasteiger partial charge in [-0.05, 0) is 18.6 Å². The monoisotopic (exact) mass is 262 g/mol. The van der Waals surface area contributed by atoms with Crippen LogP contribution in [0, 0.1) is 0 Å². The molecule has 0 saturated carbocycles. The number of nitrogens with zero attached hydrogens (tertiary/aromatic N) is 2. The minimum absolute atomic E-state index is 0.121. The lowest BCUT2D eigenvalue weighted by molar-refractivity contribution is -0.0170. The highest BCUT2D eigenvalue weighted by Crippen LogP contribution is 2.17. The van der Waals surface area contributed by atoms with Crippen LogP contribution in [0.3, 0.4) is 0 Å². The van der Waals surface area contributed by atoms with Crippen molar-refractivity contribution < 1.29 is 9.84 Å². The largest absolute Gasteiger partial charge is 0.390 e. The molecule has 2 unspecified atom stereocenters. The quantitative estimate of drug-likeness (QED) is 0.869. The number of ether oxygens (including phenoxy) is 1. The van der Waals surface area contributed by atoms with Gasteiger partial charge in [-0.3, -0.25) is 0 Å². The second-order valence-corrected chi connectivity index (χ2v) is 4.91. The molecule has 0 radical (unpaired) electrons. The number of rotatable bonds is 6. The Morgan fingerprint density at radius 3 is 2.74 bits per heavy atom. The number of aryl methyl sites for hydroxylation is 1. The van der Waals surface area contributed by atoms with Crippen molar-refractivity contribution in [3.63, 3.8) is 0 Å². The molecule has 1 aromatic carbocycles. The zero-order valence-electron chi connectivity index (χ0n) is 11.8. The molecule has 1 N–H and O–H groups in total. The van der Waals surface area contributed by atoms with Crippen LogP contribution in [0.1, 0.15) is 25.6 Å². The Kier molecular flexibility index (Phi) is 4.56. The van der Waals surface area contributed by atoms with Gasteiger partial charge in [0.15, 0.2) is 0 Å². The van der Waals surface area contributed by atoms with E-state index in [9.17, 15) is 5.11 Å². The summed E-state index contributed by atoms with van der Waals surface area (Å²) in [6.45, 7) is 2.09. The van der Waals surface area contributed by atoms with Gasteiger partial charge in [0, 0.05) is 20.6 Å². The summed E-state index contributed by atoms with van der Waals surface area (Å²) in [7, 11) is 3.64. The van der Waals surface area contributed by atoms with Gasteiger partial charge in [0.1, 0.15) is 5.82 Å². The molecule has 0 aliphatic rings. The summed E-state index contributed by atoms with van der Waals surface area (Å²) in [5, 5.41) is 10.3. The third kappa shape index (κ3) is 2.96. The molecule has 4 nitrogen and oxygen atoms in total. The average molecular weight is 262 g/mol. The molecule has 2 rings (SSSR count). The van der Waals surface area contributed by atoms with E-state index in [-0.39, 0.29) is 6.10 Å². The molecule has 0 saturated heterocycles. The Hall–Kier alpha value is -1.39. The molecule has 2 aromatic rings. The second kappa shape index (κ2) is 6.17. The van der Waals surface area contributed by atoms with Crippen molar-refractivity contribution in [3.8, 4) is 0 Å². The zero-order chi connectivity index (χ0) is 13.8. The molecule has 19 heavy (non-hydrogen) atoms. The van der Waals surface area contributed by atoms with Gasteiger partial charge in [-0.2, -0.15) is 0 Å². The SMILES string of the molecule is CCCC(OC)C(O)Cc1nc2ccccc2n1C. The maximum atomic E-state index is 10.3. The first kappa shape index (κ1) is 14.0. The molecule has 0 aliphatic carbocycles. The first-order valence-electron chi connectivity index (χ1n) is 6.78. The Morgan fingerprint density at radius 1 is 1.37 bits per heavy atom. The van der Waals surface area contributed by atoms with E-state index < -0.39 is 6.10 Å². The van der Waals surface area contributed by atoms with E-state index in [0.29, 0.717) is 6.42 Å². The zero-order valence-corrected chi connectivity index (χ0v) is 11.8. The molecule has 1 heterocycles. The van der Waals surface area contributed by atoms with Gasteiger partial charge >= 0.3 is 0 Å². The summed E-state index contributed by atoms with van der Waals surface area (Å²) >= 11 is 0. The third-order valence-corrected chi connectivity index (χ3v) is 3.58. The lowest BCUT2D eigenvalue weighted by Gasteiger charge is -2.20. The van der Waals surface area contributed by atoms with Gasteiger partial charge < -0.3 is 14.4 Å². The van der Waals surface area contributed by atoms with Crippen LogP contribution in [0.2, 0.25) is 0 Å². The van der Waals surface area contributed by atoms with Crippen molar-refractivity contribution in [2.75, 3.05) is 7.11 Å². The van der Waals surface area contributed by atoms with Crippen LogP contribution in [-0.2, 0) is 18.2 Å². The van der Waals surface area contributed by atoms with Gasteiger partial charge in [-0.15, -0.1) is 0 Å². The predicted molar refractivity (Wildman–Crippen MR) is 76.1 cm³/mol. The smallest absolute Gasteiger partial charge is 0.112 e. The van der Waals surface area contributed by atoms with Crippen molar-refractivity contribution in [1.82, 2.24) is 9.55 Å². The molecule has 1 aromatic heterocycles. The van der Waals surface area contributed by atoms with Gasteiger partial charge in [-0.1, -0.05) is 25.5 Å². The number of aliphatic hydroxyl groups excluding tert-OH is 1. The Morgan fingerprint density at radius 2 is 2.11 bits per heavy atom. The molecule has 0 spiro atoms. The summed E-state index contributed by atoms with van der Waals surface area (Å²) in [6.07, 6.45) is 1.74. The molecule has 4 heteroatoms. The van der Waals surface area contributed by atoms with Gasteiger partial charge in [-0.25, -0.2) is 4.98 Å². The maximum absolute atomic E-state index is 10.3. The summed E-state index contributed by atoms with van der Waals surface area (Å²) in [5.41, 5.74) is 2.06. The highest BCUT2D eigenvalue weighted by atomic mass is 16.5.